The van der Waals surface area contributed by atoms with Crippen LogP contribution in [0.25, 0.3) is 0 Å². The van der Waals surface area contributed by atoms with Gasteiger partial charge in [0.1, 0.15) is 0 Å². The van der Waals surface area contributed by atoms with Crippen molar-refractivity contribution in [2.75, 3.05) is 18.1 Å². The first-order valence-electron chi connectivity index (χ1n) is 5.35. The molecule has 0 aliphatic carbocycles. The quantitative estimate of drug-likeness (QED) is 0.724. The zero-order valence-electron chi connectivity index (χ0n) is 9.03. The van der Waals surface area contributed by atoms with E-state index in [1.54, 1.807) is 0 Å². The normalized spacial score (nSPS) is 32.5. The molecule has 0 aromatic carbocycles. The summed E-state index contributed by atoms with van der Waals surface area (Å²) in [6.07, 6.45) is 2.02. The Kier molecular flexibility index (Phi) is 5.06. The van der Waals surface area contributed by atoms with E-state index >= 15 is 0 Å². The molecule has 1 aliphatic heterocycles. The van der Waals surface area contributed by atoms with Crippen LogP contribution in [0.3, 0.4) is 0 Å². The molecule has 84 valence electrons. The lowest BCUT2D eigenvalue weighted by Gasteiger charge is -2.28. The summed E-state index contributed by atoms with van der Waals surface area (Å²) >= 11 is 0. The summed E-state index contributed by atoms with van der Waals surface area (Å²) in [5.41, 5.74) is 0. The smallest absolute Gasteiger partial charge is 0.0471 e. The van der Waals surface area contributed by atoms with Crippen molar-refractivity contribution in [1.29, 1.82) is 0 Å². The highest BCUT2D eigenvalue weighted by atomic mass is 32.2. The Morgan fingerprint density at radius 2 is 2.00 bits per heavy atom. The highest BCUT2D eigenvalue weighted by Crippen LogP contribution is 2.12. The summed E-state index contributed by atoms with van der Waals surface area (Å²) < 4.78 is 11.1. The summed E-state index contributed by atoms with van der Waals surface area (Å²) in [5.74, 6) is 1.96. The summed E-state index contributed by atoms with van der Waals surface area (Å²) in [6.45, 7) is 4.37. The molecular formula is C10H21NO2S. The Hall–Kier alpha value is 0.0700. The number of aliphatic hydroxyl groups excluding tert-OH is 1. The predicted molar refractivity (Wildman–Crippen MR) is 59.7 cm³/mol. The van der Waals surface area contributed by atoms with Crippen LogP contribution in [0.1, 0.15) is 26.7 Å². The lowest BCUT2D eigenvalue weighted by atomic mass is 10.0. The van der Waals surface area contributed by atoms with Gasteiger partial charge >= 0.3 is 0 Å². The molecule has 0 saturated carbocycles. The van der Waals surface area contributed by atoms with Gasteiger partial charge in [0.05, 0.1) is 0 Å². The van der Waals surface area contributed by atoms with E-state index in [-0.39, 0.29) is 6.61 Å². The van der Waals surface area contributed by atoms with Gasteiger partial charge in [0, 0.05) is 41.0 Å². The molecule has 0 radical (unpaired) electrons. The Morgan fingerprint density at radius 3 is 2.50 bits per heavy atom. The third-order valence-electron chi connectivity index (χ3n) is 3.03. The van der Waals surface area contributed by atoms with Crippen LogP contribution in [-0.2, 0) is 10.8 Å². The van der Waals surface area contributed by atoms with Crippen molar-refractivity contribution in [3.05, 3.63) is 0 Å². The van der Waals surface area contributed by atoms with E-state index in [4.69, 9.17) is 5.11 Å². The average Bonchev–Trinajstić information content (AvgIpc) is 2.20. The lowest BCUT2D eigenvalue weighted by molar-refractivity contribution is 0.199. The molecule has 1 fully saturated rings. The minimum atomic E-state index is -0.578. The van der Waals surface area contributed by atoms with Crippen LogP contribution >= 0.6 is 0 Å². The lowest BCUT2D eigenvalue weighted by Crippen LogP contribution is -2.44. The molecule has 14 heavy (non-hydrogen) atoms. The SMILES string of the molecule is CC(CO)C(C)NC1CCS(=O)CC1. The summed E-state index contributed by atoms with van der Waals surface area (Å²) in [4.78, 5) is 0. The van der Waals surface area contributed by atoms with Crippen LogP contribution in [0, 0.1) is 5.92 Å². The summed E-state index contributed by atoms with van der Waals surface area (Å²) in [6, 6.07) is 0.841. The van der Waals surface area contributed by atoms with Gasteiger partial charge in [-0.3, -0.25) is 4.21 Å². The third-order valence-corrected chi connectivity index (χ3v) is 4.41. The molecular weight excluding hydrogens is 198 g/mol. The molecule has 0 bridgehead atoms. The minimum Gasteiger partial charge on any atom is -0.396 e. The maximum Gasteiger partial charge on any atom is 0.0471 e. The van der Waals surface area contributed by atoms with Gasteiger partial charge in [0.2, 0.25) is 0 Å². The van der Waals surface area contributed by atoms with Crippen molar-refractivity contribution in [2.24, 2.45) is 5.92 Å². The second-order valence-electron chi connectivity index (χ2n) is 4.24. The molecule has 1 saturated heterocycles. The first kappa shape index (κ1) is 12.1. The summed E-state index contributed by atoms with van der Waals surface area (Å²) in [7, 11) is -0.578. The van der Waals surface area contributed by atoms with Crippen molar-refractivity contribution in [3.63, 3.8) is 0 Å². The highest BCUT2D eigenvalue weighted by Gasteiger charge is 2.20. The maximum absolute atomic E-state index is 11.1. The molecule has 3 nitrogen and oxygen atoms in total. The number of rotatable bonds is 4. The van der Waals surface area contributed by atoms with Gasteiger partial charge in [-0.1, -0.05) is 6.92 Å². The Bertz CT molecular complexity index is 189. The Morgan fingerprint density at radius 1 is 1.43 bits per heavy atom. The van der Waals surface area contributed by atoms with Gasteiger partial charge in [-0.25, -0.2) is 0 Å². The molecule has 0 aromatic rings. The zero-order valence-corrected chi connectivity index (χ0v) is 9.85. The maximum atomic E-state index is 11.1. The number of aliphatic hydroxyl groups is 1. The van der Waals surface area contributed by atoms with Crippen molar-refractivity contribution >= 4 is 10.8 Å². The van der Waals surface area contributed by atoms with Gasteiger partial charge < -0.3 is 10.4 Å². The van der Waals surface area contributed by atoms with Gasteiger partial charge in [-0.2, -0.15) is 0 Å². The van der Waals surface area contributed by atoms with E-state index in [9.17, 15) is 4.21 Å². The average molecular weight is 219 g/mol. The standard InChI is InChI=1S/C10H21NO2S/c1-8(7-12)9(2)11-10-3-5-14(13)6-4-10/h8-12H,3-7H2,1-2H3. The zero-order chi connectivity index (χ0) is 10.6. The number of nitrogens with one attached hydrogen (secondary N) is 1. The predicted octanol–water partition coefficient (Wildman–Crippen LogP) is 0.504. The van der Waals surface area contributed by atoms with Crippen molar-refractivity contribution < 1.29 is 9.32 Å². The molecule has 1 rings (SSSR count). The van der Waals surface area contributed by atoms with Gasteiger partial charge in [-0.15, -0.1) is 0 Å². The van der Waals surface area contributed by atoms with Crippen LogP contribution in [0.5, 0.6) is 0 Å². The van der Waals surface area contributed by atoms with Crippen LogP contribution < -0.4 is 5.32 Å². The monoisotopic (exact) mass is 219 g/mol. The molecule has 0 amide bonds. The first-order chi connectivity index (χ1) is 6.63. The Balaban J connectivity index is 2.26. The first-order valence-corrected chi connectivity index (χ1v) is 6.84. The molecule has 1 aliphatic rings. The van der Waals surface area contributed by atoms with Crippen LogP contribution in [0.4, 0.5) is 0 Å². The number of hydrogen-bond acceptors (Lipinski definition) is 3. The van der Waals surface area contributed by atoms with E-state index in [1.165, 1.54) is 0 Å². The van der Waals surface area contributed by atoms with Crippen molar-refractivity contribution in [2.45, 2.75) is 38.8 Å². The van der Waals surface area contributed by atoms with E-state index in [0.717, 1.165) is 24.3 Å². The molecule has 0 aromatic heterocycles. The third kappa shape index (κ3) is 3.67. The van der Waals surface area contributed by atoms with Crippen molar-refractivity contribution in [3.8, 4) is 0 Å². The molecule has 0 spiro atoms. The highest BCUT2D eigenvalue weighted by molar-refractivity contribution is 7.85. The molecule has 2 N–H and O–H groups in total. The molecule has 4 heteroatoms. The van der Waals surface area contributed by atoms with Gasteiger partial charge in [0.15, 0.2) is 0 Å². The van der Waals surface area contributed by atoms with E-state index in [0.29, 0.717) is 18.0 Å². The summed E-state index contributed by atoms with van der Waals surface area (Å²) in [5, 5.41) is 12.5. The fraction of sp³-hybridized carbons (Fsp3) is 1.00. The topological polar surface area (TPSA) is 49.3 Å². The van der Waals surface area contributed by atoms with Crippen molar-refractivity contribution in [1.82, 2.24) is 5.32 Å². The second-order valence-corrected chi connectivity index (χ2v) is 5.93. The molecule has 2 unspecified atom stereocenters. The molecule has 2 atom stereocenters. The Labute approximate surface area is 88.7 Å². The largest absolute Gasteiger partial charge is 0.396 e. The van der Waals surface area contributed by atoms with E-state index < -0.39 is 10.8 Å². The van der Waals surface area contributed by atoms with Gasteiger partial charge in [0.25, 0.3) is 0 Å². The fourth-order valence-electron chi connectivity index (χ4n) is 1.65. The van der Waals surface area contributed by atoms with Crippen LogP contribution in [0.15, 0.2) is 0 Å². The van der Waals surface area contributed by atoms with Crippen LogP contribution in [-0.4, -0.2) is 39.5 Å². The van der Waals surface area contributed by atoms with E-state index in [2.05, 4.69) is 12.2 Å². The second kappa shape index (κ2) is 5.83. The minimum absolute atomic E-state index is 0.229. The van der Waals surface area contributed by atoms with Crippen LogP contribution in [0.2, 0.25) is 0 Å². The molecule has 1 heterocycles. The number of hydrogen-bond donors (Lipinski definition) is 2. The van der Waals surface area contributed by atoms with Gasteiger partial charge in [-0.05, 0) is 25.7 Å². The fourth-order valence-corrected chi connectivity index (χ4v) is 2.95. The van der Waals surface area contributed by atoms with E-state index in [1.807, 2.05) is 6.92 Å².